The molecule has 1 fully saturated rings. The molecule has 1 aliphatic carbocycles. The molecule has 20 heavy (non-hydrogen) atoms. The van der Waals surface area contributed by atoms with E-state index in [9.17, 15) is 9.90 Å². The van der Waals surface area contributed by atoms with E-state index >= 15 is 0 Å². The molecule has 106 valence electrons. The number of rotatable bonds is 2. The van der Waals surface area contributed by atoms with E-state index in [1.807, 2.05) is 10.6 Å². The Hall–Kier alpha value is -1.72. The van der Waals surface area contributed by atoms with Crippen molar-refractivity contribution < 1.29 is 5.11 Å². The number of fused-ring (bicyclic) bond motifs is 1. The highest BCUT2D eigenvalue weighted by atomic mass is 16.3. The van der Waals surface area contributed by atoms with Gasteiger partial charge in [0.25, 0.3) is 5.56 Å². The van der Waals surface area contributed by atoms with Crippen LogP contribution in [0.15, 0.2) is 29.2 Å². The number of nitrogens with zero attached hydrogens (tertiary/aromatic N) is 2. The summed E-state index contributed by atoms with van der Waals surface area (Å²) in [6.45, 7) is -0.0679. The highest BCUT2D eigenvalue weighted by Crippen LogP contribution is 2.28. The molecule has 2 aromatic rings. The second-order valence-corrected chi connectivity index (χ2v) is 5.52. The summed E-state index contributed by atoms with van der Waals surface area (Å²) in [5, 5.41) is 9.26. The van der Waals surface area contributed by atoms with E-state index in [2.05, 4.69) is 4.98 Å². The number of pyridine rings is 2. The molecule has 3 N–H and O–H groups in total. The van der Waals surface area contributed by atoms with Crippen molar-refractivity contribution in [2.24, 2.45) is 5.73 Å². The fourth-order valence-corrected chi connectivity index (χ4v) is 3.00. The summed E-state index contributed by atoms with van der Waals surface area (Å²) in [6.07, 6.45) is 5.38. The van der Waals surface area contributed by atoms with E-state index in [0.717, 1.165) is 42.3 Å². The Kier molecular flexibility index (Phi) is 3.54. The summed E-state index contributed by atoms with van der Waals surface area (Å²) in [5.74, 6) is 0. The molecule has 2 heterocycles. The van der Waals surface area contributed by atoms with Crippen LogP contribution in [0, 0.1) is 0 Å². The molecule has 2 aromatic heterocycles. The van der Waals surface area contributed by atoms with Crippen molar-refractivity contribution in [1.29, 1.82) is 0 Å². The van der Waals surface area contributed by atoms with Crippen LogP contribution in [-0.2, 0) is 6.61 Å². The van der Waals surface area contributed by atoms with Crippen molar-refractivity contribution in [3.63, 3.8) is 0 Å². The molecule has 3 rings (SSSR count). The van der Waals surface area contributed by atoms with Gasteiger partial charge in [0.2, 0.25) is 0 Å². The highest BCUT2D eigenvalue weighted by Gasteiger charge is 2.22. The maximum atomic E-state index is 12.3. The third kappa shape index (κ3) is 2.34. The van der Waals surface area contributed by atoms with E-state index in [1.165, 1.54) is 0 Å². The van der Waals surface area contributed by atoms with Crippen LogP contribution < -0.4 is 11.3 Å². The molecule has 0 aliphatic heterocycles. The lowest BCUT2D eigenvalue weighted by molar-refractivity contribution is 0.281. The summed E-state index contributed by atoms with van der Waals surface area (Å²) in [5.41, 5.74) is 8.26. The normalized spacial score (nSPS) is 23.1. The van der Waals surface area contributed by atoms with Crippen LogP contribution in [0.25, 0.3) is 11.0 Å². The Morgan fingerprint density at radius 3 is 2.75 bits per heavy atom. The van der Waals surface area contributed by atoms with Gasteiger partial charge in [-0.05, 0) is 43.4 Å². The van der Waals surface area contributed by atoms with Crippen molar-refractivity contribution >= 4 is 11.0 Å². The van der Waals surface area contributed by atoms with E-state index in [-0.39, 0.29) is 24.2 Å². The molecule has 0 spiro atoms. The molecule has 0 saturated heterocycles. The quantitative estimate of drug-likeness (QED) is 0.865. The monoisotopic (exact) mass is 273 g/mol. The molecule has 0 atom stereocenters. The first-order chi connectivity index (χ1) is 9.69. The number of aliphatic hydroxyl groups is 1. The van der Waals surface area contributed by atoms with Gasteiger partial charge in [-0.2, -0.15) is 0 Å². The Morgan fingerprint density at radius 2 is 2.05 bits per heavy atom. The van der Waals surface area contributed by atoms with Gasteiger partial charge < -0.3 is 15.4 Å². The zero-order chi connectivity index (χ0) is 14.1. The first-order valence-corrected chi connectivity index (χ1v) is 7.05. The third-order valence-electron chi connectivity index (χ3n) is 4.12. The largest absolute Gasteiger partial charge is 0.392 e. The summed E-state index contributed by atoms with van der Waals surface area (Å²) < 4.78 is 1.83. The molecule has 5 nitrogen and oxygen atoms in total. The highest BCUT2D eigenvalue weighted by molar-refractivity contribution is 5.75. The van der Waals surface area contributed by atoms with Gasteiger partial charge in [0.15, 0.2) is 0 Å². The summed E-state index contributed by atoms with van der Waals surface area (Å²) >= 11 is 0. The van der Waals surface area contributed by atoms with Gasteiger partial charge >= 0.3 is 0 Å². The molecule has 1 saturated carbocycles. The lowest BCUT2D eigenvalue weighted by Gasteiger charge is -2.28. The molecule has 0 bridgehead atoms. The fourth-order valence-electron chi connectivity index (χ4n) is 3.00. The summed E-state index contributed by atoms with van der Waals surface area (Å²) in [7, 11) is 0. The minimum Gasteiger partial charge on any atom is -0.392 e. The molecule has 5 heteroatoms. The molecule has 0 unspecified atom stereocenters. The average molecular weight is 273 g/mol. The first-order valence-electron chi connectivity index (χ1n) is 7.05. The third-order valence-corrected chi connectivity index (χ3v) is 4.12. The van der Waals surface area contributed by atoms with Crippen LogP contribution >= 0.6 is 0 Å². The van der Waals surface area contributed by atoms with Gasteiger partial charge in [-0.3, -0.25) is 9.78 Å². The van der Waals surface area contributed by atoms with Gasteiger partial charge in [0.05, 0.1) is 17.6 Å². The van der Waals surface area contributed by atoms with Crippen molar-refractivity contribution in [1.82, 2.24) is 9.55 Å². The lowest BCUT2D eigenvalue weighted by Crippen LogP contribution is -2.32. The van der Waals surface area contributed by atoms with Gasteiger partial charge in [0.1, 0.15) is 0 Å². The fraction of sp³-hybridized carbons (Fsp3) is 0.467. The minimum atomic E-state index is -0.0679. The number of hydrogen-bond donors (Lipinski definition) is 2. The number of hydrogen-bond acceptors (Lipinski definition) is 4. The predicted octanol–water partition coefficient (Wildman–Crippen LogP) is 1.33. The lowest BCUT2D eigenvalue weighted by atomic mass is 9.91. The van der Waals surface area contributed by atoms with Crippen molar-refractivity contribution in [2.75, 3.05) is 0 Å². The maximum Gasteiger partial charge on any atom is 0.251 e. The second kappa shape index (κ2) is 5.34. The topological polar surface area (TPSA) is 81.1 Å². The van der Waals surface area contributed by atoms with Crippen LogP contribution in [-0.4, -0.2) is 20.7 Å². The summed E-state index contributed by atoms with van der Waals surface area (Å²) in [4.78, 5) is 16.6. The minimum absolute atomic E-state index is 0.00476. The first kappa shape index (κ1) is 13.3. The predicted molar refractivity (Wildman–Crippen MR) is 77.4 cm³/mol. The van der Waals surface area contributed by atoms with Gasteiger partial charge in [-0.1, -0.05) is 0 Å². The molecule has 0 aromatic carbocycles. The van der Waals surface area contributed by atoms with E-state index in [4.69, 9.17) is 5.73 Å². The zero-order valence-electron chi connectivity index (χ0n) is 11.3. The number of aromatic nitrogens is 2. The Labute approximate surface area is 117 Å². The number of aliphatic hydroxyl groups excluding tert-OH is 1. The number of nitrogens with two attached hydrogens (primary N) is 1. The van der Waals surface area contributed by atoms with Crippen LogP contribution in [0.2, 0.25) is 0 Å². The smallest absolute Gasteiger partial charge is 0.251 e. The Balaban J connectivity index is 2.12. The molecular weight excluding hydrogens is 254 g/mol. The average Bonchev–Trinajstić information content (AvgIpc) is 2.48. The maximum absolute atomic E-state index is 12.3. The Morgan fingerprint density at radius 1 is 1.30 bits per heavy atom. The van der Waals surface area contributed by atoms with Gasteiger partial charge in [-0.15, -0.1) is 0 Å². The van der Waals surface area contributed by atoms with Gasteiger partial charge in [0, 0.05) is 24.3 Å². The second-order valence-electron chi connectivity index (χ2n) is 5.52. The molecule has 0 radical (unpaired) electrons. The molecule has 0 amide bonds. The zero-order valence-corrected chi connectivity index (χ0v) is 11.3. The van der Waals surface area contributed by atoms with Crippen LogP contribution in [0.4, 0.5) is 0 Å². The van der Waals surface area contributed by atoms with E-state index in [1.54, 1.807) is 18.3 Å². The van der Waals surface area contributed by atoms with E-state index in [0.29, 0.717) is 0 Å². The standard InChI is InChI=1S/C15H19N3O2/c16-11-1-3-12(4-2-11)18-14-7-10(9-19)8-17-13(14)5-6-15(18)20/h5-8,11-12,19H,1-4,9,16H2. The van der Waals surface area contributed by atoms with Crippen molar-refractivity contribution in [2.45, 2.75) is 44.4 Å². The van der Waals surface area contributed by atoms with Crippen LogP contribution in [0.1, 0.15) is 37.3 Å². The van der Waals surface area contributed by atoms with Crippen molar-refractivity contribution in [3.05, 3.63) is 40.3 Å². The van der Waals surface area contributed by atoms with Crippen LogP contribution in [0.3, 0.4) is 0 Å². The van der Waals surface area contributed by atoms with Gasteiger partial charge in [-0.25, -0.2) is 0 Å². The molecular formula is C15H19N3O2. The molecule has 1 aliphatic rings. The van der Waals surface area contributed by atoms with Crippen LogP contribution in [0.5, 0.6) is 0 Å². The SMILES string of the molecule is NC1CCC(n2c(=O)ccc3ncc(CO)cc32)CC1. The van der Waals surface area contributed by atoms with Crippen molar-refractivity contribution in [3.8, 4) is 0 Å². The summed E-state index contributed by atoms with van der Waals surface area (Å²) in [6, 6.07) is 5.61. The van der Waals surface area contributed by atoms with E-state index < -0.39 is 0 Å². The Bertz CT molecular complexity index is 672.